The van der Waals surface area contributed by atoms with Gasteiger partial charge in [0.2, 0.25) is 0 Å². The van der Waals surface area contributed by atoms with Gasteiger partial charge in [0.15, 0.2) is 0 Å². The van der Waals surface area contributed by atoms with Crippen LogP contribution in [-0.4, -0.2) is 10.7 Å². The zero-order chi connectivity index (χ0) is 13.5. The van der Waals surface area contributed by atoms with Crippen LogP contribution in [0.2, 0.25) is 0 Å². The zero-order valence-electron chi connectivity index (χ0n) is 11.4. The van der Waals surface area contributed by atoms with Gasteiger partial charge in [0.05, 0.1) is 6.10 Å². The van der Waals surface area contributed by atoms with Gasteiger partial charge in [-0.05, 0) is 43.7 Å². The number of hydrogen-bond acceptors (Lipinski definition) is 2. The molecule has 1 aliphatic carbocycles. The van der Waals surface area contributed by atoms with E-state index in [1.165, 1.54) is 18.6 Å². The van der Waals surface area contributed by atoms with Crippen LogP contribution in [0.3, 0.4) is 0 Å². The van der Waals surface area contributed by atoms with Gasteiger partial charge in [0, 0.05) is 18.1 Å². The zero-order valence-corrected chi connectivity index (χ0v) is 11.4. The molecular formula is C16H21FO2. The third kappa shape index (κ3) is 2.14. The Morgan fingerprint density at radius 3 is 3.05 bits per heavy atom. The smallest absolute Gasteiger partial charge is 0.128 e. The van der Waals surface area contributed by atoms with Crippen molar-refractivity contribution in [1.29, 1.82) is 0 Å². The molecule has 0 aromatic heterocycles. The molecule has 104 valence electrons. The minimum Gasteiger partial charge on any atom is -0.486 e. The van der Waals surface area contributed by atoms with Crippen LogP contribution in [0.4, 0.5) is 4.39 Å². The summed E-state index contributed by atoms with van der Waals surface area (Å²) < 4.78 is 19.6. The number of ether oxygens (including phenoxy) is 1. The van der Waals surface area contributed by atoms with Crippen LogP contribution < -0.4 is 4.74 Å². The number of halogens is 1. The van der Waals surface area contributed by atoms with Crippen LogP contribution in [0.25, 0.3) is 0 Å². The van der Waals surface area contributed by atoms with Gasteiger partial charge in [-0.2, -0.15) is 0 Å². The molecule has 3 heteroatoms. The van der Waals surface area contributed by atoms with E-state index in [0.29, 0.717) is 18.1 Å². The number of aliphatic hydroxyl groups excluding tert-OH is 1. The molecule has 0 bridgehead atoms. The van der Waals surface area contributed by atoms with E-state index >= 15 is 0 Å². The fourth-order valence-electron chi connectivity index (χ4n) is 3.83. The summed E-state index contributed by atoms with van der Waals surface area (Å²) in [6, 6.07) is 4.45. The molecule has 0 saturated heterocycles. The van der Waals surface area contributed by atoms with Gasteiger partial charge < -0.3 is 9.84 Å². The van der Waals surface area contributed by atoms with Crippen molar-refractivity contribution in [3.63, 3.8) is 0 Å². The summed E-state index contributed by atoms with van der Waals surface area (Å²) in [5, 5.41) is 10.4. The van der Waals surface area contributed by atoms with E-state index in [-0.39, 0.29) is 11.4 Å². The highest BCUT2D eigenvalue weighted by Crippen LogP contribution is 2.49. The lowest BCUT2D eigenvalue weighted by Crippen LogP contribution is -2.49. The second-order valence-electron chi connectivity index (χ2n) is 5.92. The van der Waals surface area contributed by atoms with Crippen molar-refractivity contribution in [1.82, 2.24) is 0 Å². The first-order valence-electron chi connectivity index (χ1n) is 7.31. The third-order valence-corrected chi connectivity index (χ3v) is 4.83. The standard InChI is InChI=1S/C16H21FO2/c1-2-11-5-3-4-8-16(11)10-14(18)13-7-6-12(17)9-15(13)19-16/h6-7,9,11,14,18H,2-5,8,10H2,1H3/t11?,14-,16?/m1/s1. The van der Waals surface area contributed by atoms with Gasteiger partial charge in [-0.25, -0.2) is 4.39 Å². The van der Waals surface area contributed by atoms with E-state index in [1.807, 2.05) is 0 Å². The molecule has 2 unspecified atom stereocenters. The third-order valence-electron chi connectivity index (χ3n) is 4.83. The Morgan fingerprint density at radius 1 is 1.42 bits per heavy atom. The number of hydrogen-bond donors (Lipinski definition) is 1. The molecule has 1 saturated carbocycles. The molecular weight excluding hydrogens is 243 g/mol. The average Bonchev–Trinajstić information content (AvgIpc) is 2.38. The number of fused-ring (bicyclic) bond motifs is 1. The predicted octanol–water partition coefficient (Wildman–Crippen LogP) is 3.98. The van der Waals surface area contributed by atoms with E-state index < -0.39 is 6.10 Å². The summed E-state index contributed by atoms with van der Waals surface area (Å²) in [6.07, 6.45) is 5.65. The van der Waals surface area contributed by atoms with Crippen molar-refractivity contribution in [3.05, 3.63) is 29.6 Å². The molecule has 0 radical (unpaired) electrons. The number of benzene rings is 1. The first-order chi connectivity index (χ1) is 9.14. The molecule has 1 spiro atoms. The summed E-state index contributed by atoms with van der Waals surface area (Å²) in [6.45, 7) is 2.18. The molecule has 2 aliphatic rings. The second kappa shape index (κ2) is 4.78. The predicted molar refractivity (Wildman–Crippen MR) is 71.6 cm³/mol. The molecule has 1 aliphatic heterocycles. The van der Waals surface area contributed by atoms with E-state index in [2.05, 4.69) is 6.92 Å². The summed E-state index contributed by atoms with van der Waals surface area (Å²) in [4.78, 5) is 0. The molecule has 19 heavy (non-hydrogen) atoms. The highest BCUT2D eigenvalue weighted by Gasteiger charge is 2.46. The van der Waals surface area contributed by atoms with Crippen LogP contribution in [-0.2, 0) is 0 Å². The fourth-order valence-corrected chi connectivity index (χ4v) is 3.83. The maximum atomic E-state index is 13.4. The maximum absolute atomic E-state index is 13.4. The van der Waals surface area contributed by atoms with E-state index in [0.717, 1.165) is 31.2 Å². The Balaban J connectivity index is 1.98. The normalized spacial score (nSPS) is 33.8. The summed E-state index contributed by atoms with van der Waals surface area (Å²) >= 11 is 0. The molecule has 3 atom stereocenters. The lowest BCUT2D eigenvalue weighted by atomic mass is 9.69. The van der Waals surface area contributed by atoms with Gasteiger partial charge in [0.25, 0.3) is 0 Å². The van der Waals surface area contributed by atoms with Crippen LogP contribution >= 0.6 is 0 Å². The topological polar surface area (TPSA) is 29.5 Å². The van der Waals surface area contributed by atoms with Crippen LogP contribution in [0.1, 0.15) is 57.1 Å². The largest absolute Gasteiger partial charge is 0.486 e. The monoisotopic (exact) mass is 264 g/mol. The molecule has 1 aromatic carbocycles. The van der Waals surface area contributed by atoms with Crippen molar-refractivity contribution >= 4 is 0 Å². The van der Waals surface area contributed by atoms with Gasteiger partial charge >= 0.3 is 0 Å². The Morgan fingerprint density at radius 2 is 2.26 bits per heavy atom. The molecule has 3 rings (SSSR count). The Kier molecular flexibility index (Phi) is 3.25. The van der Waals surface area contributed by atoms with Crippen molar-refractivity contribution in [2.75, 3.05) is 0 Å². The van der Waals surface area contributed by atoms with Crippen LogP contribution in [0.15, 0.2) is 18.2 Å². The first kappa shape index (κ1) is 12.9. The molecule has 1 N–H and O–H groups in total. The van der Waals surface area contributed by atoms with Crippen molar-refractivity contribution < 1.29 is 14.2 Å². The maximum Gasteiger partial charge on any atom is 0.128 e. The molecule has 1 fully saturated rings. The van der Waals surface area contributed by atoms with Gasteiger partial charge in [-0.1, -0.05) is 13.3 Å². The van der Waals surface area contributed by atoms with E-state index in [1.54, 1.807) is 6.07 Å². The molecule has 1 heterocycles. The van der Waals surface area contributed by atoms with Gasteiger partial charge in [0.1, 0.15) is 17.2 Å². The fraction of sp³-hybridized carbons (Fsp3) is 0.625. The summed E-state index contributed by atoms with van der Waals surface area (Å²) in [5.41, 5.74) is 0.445. The lowest BCUT2D eigenvalue weighted by molar-refractivity contribution is -0.0783. The summed E-state index contributed by atoms with van der Waals surface area (Å²) in [5.74, 6) is 0.707. The average molecular weight is 264 g/mol. The highest BCUT2D eigenvalue weighted by molar-refractivity contribution is 5.38. The van der Waals surface area contributed by atoms with Crippen molar-refractivity contribution in [2.45, 2.75) is 57.2 Å². The first-order valence-corrected chi connectivity index (χ1v) is 7.31. The Labute approximate surface area is 113 Å². The quantitative estimate of drug-likeness (QED) is 0.831. The molecule has 0 amide bonds. The molecule has 1 aromatic rings. The number of aliphatic hydroxyl groups is 1. The van der Waals surface area contributed by atoms with Gasteiger partial charge in [-0.3, -0.25) is 0 Å². The molecule has 2 nitrogen and oxygen atoms in total. The SMILES string of the molecule is CCC1CCCCC12C[C@@H](O)c1ccc(F)cc1O2. The highest BCUT2D eigenvalue weighted by atomic mass is 19.1. The van der Waals surface area contributed by atoms with Crippen molar-refractivity contribution in [2.24, 2.45) is 5.92 Å². The van der Waals surface area contributed by atoms with Crippen LogP contribution in [0.5, 0.6) is 5.75 Å². The van der Waals surface area contributed by atoms with E-state index in [9.17, 15) is 9.50 Å². The Hall–Kier alpha value is -1.09. The minimum absolute atomic E-state index is 0.285. The minimum atomic E-state index is -0.531. The van der Waals surface area contributed by atoms with Gasteiger partial charge in [-0.15, -0.1) is 0 Å². The van der Waals surface area contributed by atoms with E-state index in [4.69, 9.17) is 4.74 Å². The Bertz CT molecular complexity index is 474. The number of rotatable bonds is 1. The second-order valence-corrected chi connectivity index (χ2v) is 5.92. The van der Waals surface area contributed by atoms with Crippen LogP contribution in [0, 0.1) is 11.7 Å². The summed E-state index contributed by atoms with van der Waals surface area (Å²) in [7, 11) is 0. The van der Waals surface area contributed by atoms with Crippen molar-refractivity contribution in [3.8, 4) is 5.75 Å². The lowest BCUT2D eigenvalue weighted by Gasteiger charge is -2.48.